The van der Waals surface area contributed by atoms with Crippen molar-refractivity contribution in [3.05, 3.63) is 46.6 Å². The van der Waals surface area contributed by atoms with Crippen molar-refractivity contribution >= 4 is 16.3 Å². The van der Waals surface area contributed by atoms with Crippen molar-refractivity contribution in [2.75, 3.05) is 18.1 Å². The Morgan fingerprint density at radius 1 is 1.27 bits per heavy atom. The molecule has 22 heavy (non-hydrogen) atoms. The molecule has 1 aromatic heterocycles. The predicted molar refractivity (Wildman–Crippen MR) is 92.8 cm³/mol. The van der Waals surface area contributed by atoms with Crippen LogP contribution in [0.1, 0.15) is 35.5 Å². The van der Waals surface area contributed by atoms with E-state index in [0.29, 0.717) is 0 Å². The van der Waals surface area contributed by atoms with E-state index in [9.17, 15) is 5.11 Å². The summed E-state index contributed by atoms with van der Waals surface area (Å²) in [6.45, 7) is 3.40. The first-order valence-corrected chi connectivity index (χ1v) is 8.97. The summed E-state index contributed by atoms with van der Waals surface area (Å²) >= 11 is 1.81. The van der Waals surface area contributed by atoms with Crippen LogP contribution < -0.4 is 4.90 Å². The number of aliphatic hydroxyl groups is 1. The third kappa shape index (κ3) is 3.50. The summed E-state index contributed by atoms with van der Waals surface area (Å²) in [6.07, 6.45) is 5.55. The lowest BCUT2D eigenvalue weighted by Gasteiger charge is -2.23. The fraction of sp³-hybridized carbons (Fsp3) is 0.500. The topological polar surface area (TPSA) is 36.4 Å². The zero-order valence-electron chi connectivity index (χ0n) is 13.2. The molecule has 2 aromatic rings. The fourth-order valence-electron chi connectivity index (χ4n) is 3.20. The van der Waals surface area contributed by atoms with Crippen LogP contribution in [0.15, 0.2) is 30.3 Å². The number of aliphatic hydroxyl groups excluding tert-OH is 1. The molecule has 1 atom stereocenters. The van der Waals surface area contributed by atoms with Crippen LogP contribution in [-0.4, -0.2) is 29.3 Å². The van der Waals surface area contributed by atoms with E-state index in [2.05, 4.69) is 42.2 Å². The summed E-state index contributed by atoms with van der Waals surface area (Å²) in [5, 5.41) is 12.0. The van der Waals surface area contributed by atoms with Gasteiger partial charge in [0.05, 0.1) is 23.4 Å². The zero-order chi connectivity index (χ0) is 15.4. The van der Waals surface area contributed by atoms with Gasteiger partial charge in [0.15, 0.2) is 0 Å². The monoisotopic (exact) mass is 316 g/mol. The molecule has 0 radical (unpaired) electrons. The van der Waals surface area contributed by atoms with Crippen LogP contribution in [0.4, 0.5) is 5.00 Å². The summed E-state index contributed by atoms with van der Waals surface area (Å²) in [5.41, 5.74) is 2.52. The first-order valence-electron chi connectivity index (χ1n) is 8.15. The Morgan fingerprint density at radius 2 is 2.09 bits per heavy atom. The highest BCUT2D eigenvalue weighted by Gasteiger charge is 2.27. The lowest BCUT2D eigenvalue weighted by atomic mass is 10.1. The quantitative estimate of drug-likeness (QED) is 0.885. The Balaban J connectivity index is 1.60. The molecule has 1 aromatic carbocycles. The van der Waals surface area contributed by atoms with Gasteiger partial charge < -0.3 is 10.0 Å². The molecule has 1 aliphatic rings. The van der Waals surface area contributed by atoms with E-state index in [-0.39, 0.29) is 12.6 Å². The summed E-state index contributed by atoms with van der Waals surface area (Å²) < 4.78 is 0. The van der Waals surface area contributed by atoms with Gasteiger partial charge in [0.25, 0.3) is 0 Å². The molecular formula is C18H24N2OS. The number of anilines is 1. The van der Waals surface area contributed by atoms with Crippen molar-refractivity contribution in [3.8, 4) is 0 Å². The van der Waals surface area contributed by atoms with Crippen LogP contribution >= 0.6 is 11.3 Å². The van der Waals surface area contributed by atoms with Crippen LogP contribution in [0.5, 0.6) is 0 Å². The first-order chi connectivity index (χ1) is 10.8. The minimum absolute atomic E-state index is 0.251. The van der Waals surface area contributed by atoms with E-state index in [4.69, 9.17) is 4.98 Å². The summed E-state index contributed by atoms with van der Waals surface area (Å²) in [6, 6.07) is 10.9. The number of hydrogen-bond acceptors (Lipinski definition) is 4. The molecular weight excluding hydrogens is 292 g/mol. The number of thiazole rings is 1. The van der Waals surface area contributed by atoms with E-state index < -0.39 is 0 Å². The minimum Gasteiger partial charge on any atom is -0.394 e. The van der Waals surface area contributed by atoms with Crippen molar-refractivity contribution in [2.24, 2.45) is 0 Å². The van der Waals surface area contributed by atoms with E-state index >= 15 is 0 Å². The molecule has 1 aliphatic heterocycles. The standard InChI is InChI=1S/C18H24N2OS/c1-14-18(20-12-6-10-16(20)13-21)22-17(19-14)11-5-9-15-7-3-2-4-8-15/h2-4,7-8,16,21H,5-6,9-13H2,1H3. The van der Waals surface area contributed by atoms with Crippen molar-refractivity contribution < 1.29 is 5.11 Å². The Kier molecular flexibility index (Phi) is 5.11. The van der Waals surface area contributed by atoms with Gasteiger partial charge in [-0.25, -0.2) is 4.98 Å². The summed E-state index contributed by atoms with van der Waals surface area (Å²) in [4.78, 5) is 7.11. The third-order valence-electron chi connectivity index (χ3n) is 4.36. The largest absolute Gasteiger partial charge is 0.394 e. The van der Waals surface area contributed by atoms with Gasteiger partial charge in [-0.1, -0.05) is 30.3 Å². The number of aryl methyl sites for hydroxylation is 3. The molecule has 0 amide bonds. The Labute approximate surface area is 136 Å². The normalized spacial score (nSPS) is 18.1. The number of hydrogen-bond donors (Lipinski definition) is 1. The highest BCUT2D eigenvalue weighted by Crippen LogP contribution is 2.34. The van der Waals surface area contributed by atoms with E-state index in [0.717, 1.165) is 37.9 Å². The molecule has 0 aliphatic carbocycles. The Bertz CT molecular complexity index is 596. The molecule has 1 saturated heterocycles. The summed E-state index contributed by atoms with van der Waals surface area (Å²) in [7, 11) is 0. The molecule has 0 spiro atoms. The number of nitrogens with zero attached hydrogens (tertiary/aromatic N) is 2. The van der Waals surface area contributed by atoms with Gasteiger partial charge in [-0.05, 0) is 44.6 Å². The second-order valence-electron chi connectivity index (χ2n) is 6.01. The molecule has 1 unspecified atom stereocenters. The number of rotatable bonds is 6. The second kappa shape index (κ2) is 7.25. The number of benzene rings is 1. The Hall–Kier alpha value is -1.39. The molecule has 4 heteroatoms. The van der Waals surface area contributed by atoms with Crippen molar-refractivity contribution in [1.82, 2.24) is 4.98 Å². The zero-order valence-corrected chi connectivity index (χ0v) is 14.0. The average Bonchev–Trinajstić information content (AvgIpc) is 3.14. The molecule has 0 bridgehead atoms. The van der Waals surface area contributed by atoms with E-state index in [1.807, 2.05) is 11.3 Å². The van der Waals surface area contributed by atoms with Gasteiger partial charge in [0.1, 0.15) is 5.00 Å². The van der Waals surface area contributed by atoms with Crippen LogP contribution in [0, 0.1) is 6.92 Å². The highest BCUT2D eigenvalue weighted by molar-refractivity contribution is 7.15. The highest BCUT2D eigenvalue weighted by atomic mass is 32.1. The molecule has 3 rings (SSSR count). The lowest BCUT2D eigenvalue weighted by molar-refractivity contribution is 0.266. The summed E-state index contributed by atoms with van der Waals surface area (Å²) in [5.74, 6) is 0. The SMILES string of the molecule is Cc1nc(CCCc2ccccc2)sc1N1CCCC1CO. The molecule has 118 valence electrons. The predicted octanol–water partition coefficient (Wildman–Crippen LogP) is 3.59. The van der Waals surface area contributed by atoms with Gasteiger partial charge in [0.2, 0.25) is 0 Å². The van der Waals surface area contributed by atoms with Gasteiger partial charge in [0, 0.05) is 6.54 Å². The van der Waals surface area contributed by atoms with Gasteiger partial charge in [-0.3, -0.25) is 0 Å². The number of aromatic nitrogens is 1. The minimum atomic E-state index is 0.251. The molecule has 0 saturated carbocycles. The van der Waals surface area contributed by atoms with E-state index in [1.54, 1.807) is 0 Å². The van der Waals surface area contributed by atoms with Crippen molar-refractivity contribution in [3.63, 3.8) is 0 Å². The molecule has 3 nitrogen and oxygen atoms in total. The van der Waals surface area contributed by atoms with Gasteiger partial charge in [-0.15, -0.1) is 11.3 Å². The van der Waals surface area contributed by atoms with Gasteiger partial charge in [-0.2, -0.15) is 0 Å². The van der Waals surface area contributed by atoms with Crippen LogP contribution in [-0.2, 0) is 12.8 Å². The van der Waals surface area contributed by atoms with Crippen molar-refractivity contribution in [2.45, 2.75) is 45.1 Å². The molecule has 1 N–H and O–H groups in total. The average molecular weight is 316 g/mol. The second-order valence-corrected chi connectivity index (χ2v) is 7.07. The third-order valence-corrected chi connectivity index (χ3v) is 5.62. The molecule has 1 fully saturated rings. The lowest BCUT2D eigenvalue weighted by Crippen LogP contribution is -2.31. The first kappa shape index (κ1) is 15.5. The van der Waals surface area contributed by atoms with Gasteiger partial charge >= 0.3 is 0 Å². The maximum Gasteiger partial charge on any atom is 0.115 e. The van der Waals surface area contributed by atoms with Crippen LogP contribution in [0.2, 0.25) is 0 Å². The maximum absolute atomic E-state index is 9.51. The van der Waals surface area contributed by atoms with Crippen molar-refractivity contribution in [1.29, 1.82) is 0 Å². The fourth-order valence-corrected chi connectivity index (χ4v) is 4.40. The maximum atomic E-state index is 9.51. The van der Waals surface area contributed by atoms with E-state index in [1.165, 1.54) is 22.0 Å². The van der Waals surface area contributed by atoms with Crippen LogP contribution in [0.3, 0.4) is 0 Å². The smallest absolute Gasteiger partial charge is 0.115 e. The Morgan fingerprint density at radius 3 is 2.86 bits per heavy atom. The van der Waals surface area contributed by atoms with Crippen LogP contribution in [0.25, 0.3) is 0 Å². The molecule has 2 heterocycles.